The van der Waals surface area contributed by atoms with Crippen molar-refractivity contribution in [2.45, 2.75) is 66.3 Å². The molecule has 2 rings (SSSR count). The summed E-state index contributed by atoms with van der Waals surface area (Å²) < 4.78 is 0. The second-order valence-corrected chi connectivity index (χ2v) is 4.88. The topological polar surface area (TPSA) is 3.24 Å². The molecule has 1 nitrogen and oxygen atoms in total. The monoisotopic (exact) mass is 263 g/mol. The number of likely N-dealkylation sites (tertiary alicyclic amines) is 1. The van der Waals surface area contributed by atoms with E-state index in [9.17, 15) is 0 Å². The molecular weight excluding hydrogens is 230 g/mol. The molecule has 0 aromatic heterocycles. The van der Waals surface area contributed by atoms with Gasteiger partial charge in [0.05, 0.1) is 0 Å². The third kappa shape index (κ3) is 9.72. The molecule has 0 saturated carbocycles. The molecule has 0 amide bonds. The molecule has 1 heteroatoms. The predicted octanol–water partition coefficient (Wildman–Crippen LogP) is 5.51. The van der Waals surface area contributed by atoms with Crippen molar-refractivity contribution in [2.75, 3.05) is 13.1 Å². The average molecular weight is 263 g/mol. The first-order valence-electron chi connectivity index (χ1n) is 8.13. The van der Waals surface area contributed by atoms with Crippen LogP contribution in [-0.4, -0.2) is 18.0 Å². The highest BCUT2D eigenvalue weighted by molar-refractivity contribution is 5.14. The highest BCUT2D eigenvalue weighted by Gasteiger charge is 2.08. The van der Waals surface area contributed by atoms with Crippen LogP contribution in [-0.2, 0) is 6.54 Å². The van der Waals surface area contributed by atoms with Crippen LogP contribution in [0.4, 0.5) is 0 Å². The second-order valence-electron chi connectivity index (χ2n) is 4.88. The molecule has 19 heavy (non-hydrogen) atoms. The Bertz CT molecular complexity index is 260. The van der Waals surface area contributed by atoms with Crippen molar-refractivity contribution in [1.82, 2.24) is 4.90 Å². The molecule has 1 aromatic carbocycles. The summed E-state index contributed by atoms with van der Waals surface area (Å²) in [7, 11) is 0. The van der Waals surface area contributed by atoms with E-state index >= 15 is 0 Å². The fourth-order valence-corrected chi connectivity index (χ4v) is 2.14. The average Bonchev–Trinajstić information content (AvgIpc) is 2.72. The molecule has 1 aliphatic rings. The molecule has 0 unspecified atom stereocenters. The van der Waals surface area contributed by atoms with E-state index in [1.165, 1.54) is 50.8 Å². The smallest absolute Gasteiger partial charge is 0.0233 e. The van der Waals surface area contributed by atoms with E-state index in [4.69, 9.17) is 0 Å². The molecule has 0 atom stereocenters. The van der Waals surface area contributed by atoms with Gasteiger partial charge in [-0.1, -0.05) is 77.3 Å². The zero-order valence-corrected chi connectivity index (χ0v) is 13.5. The molecule has 1 aromatic rings. The van der Waals surface area contributed by atoms with Gasteiger partial charge in [0.2, 0.25) is 0 Å². The lowest BCUT2D eigenvalue weighted by Crippen LogP contribution is -2.23. The van der Waals surface area contributed by atoms with Gasteiger partial charge in [-0.05, 0) is 31.5 Å². The van der Waals surface area contributed by atoms with Crippen LogP contribution >= 0.6 is 0 Å². The summed E-state index contributed by atoms with van der Waals surface area (Å²) in [5.41, 5.74) is 1.45. The van der Waals surface area contributed by atoms with Gasteiger partial charge < -0.3 is 0 Å². The van der Waals surface area contributed by atoms with E-state index < -0.39 is 0 Å². The first kappa shape index (κ1) is 18.2. The van der Waals surface area contributed by atoms with Gasteiger partial charge in [-0.2, -0.15) is 0 Å². The Morgan fingerprint density at radius 1 is 0.842 bits per heavy atom. The SMILES string of the molecule is CC.CCC.c1ccc(CN2CCCCCC2)cc1. The summed E-state index contributed by atoms with van der Waals surface area (Å²) in [6.45, 7) is 12.0. The Morgan fingerprint density at radius 3 is 1.79 bits per heavy atom. The predicted molar refractivity (Wildman–Crippen MR) is 87.5 cm³/mol. The maximum absolute atomic E-state index is 2.59. The largest absolute Gasteiger partial charge is 0.299 e. The summed E-state index contributed by atoms with van der Waals surface area (Å²) in [5, 5.41) is 0. The lowest BCUT2D eigenvalue weighted by atomic mass is 10.2. The van der Waals surface area contributed by atoms with Gasteiger partial charge in [-0.15, -0.1) is 0 Å². The van der Waals surface area contributed by atoms with Gasteiger partial charge in [-0.3, -0.25) is 4.90 Å². The van der Waals surface area contributed by atoms with Gasteiger partial charge in [-0.25, -0.2) is 0 Å². The maximum atomic E-state index is 2.59. The number of rotatable bonds is 2. The van der Waals surface area contributed by atoms with Gasteiger partial charge in [0.1, 0.15) is 0 Å². The number of nitrogens with zero attached hydrogens (tertiary/aromatic N) is 1. The Morgan fingerprint density at radius 2 is 1.32 bits per heavy atom. The zero-order valence-electron chi connectivity index (χ0n) is 13.5. The number of hydrogen-bond acceptors (Lipinski definition) is 1. The molecule has 0 radical (unpaired) electrons. The standard InChI is InChI=1S/C13H19N.C3H8.C2H6/c1-2-7-11-14(10-6-1)12-13-8-4-3-5-9-13;1-3-2;1-2/h3-5,8-9H,1-2,6-7,10-12H2;3H2,1-2H3;1-2H3. The molecule has 1 saturated heterocycles. The van der Waals surface area contributed by atoms with Gasteiger partial charge >= 0.3 is 0 Å². The summed E-state index contributed by atoms with van der Waals surface area (Å²) in [6.07, 6.45) is 6.86. The van der Waals surface area contributed by atoms with E-state index in [0.29, 0.717) is 0 Å². The molecule has 0 aliphatic carbocycles. The molecular formula is C18H33N. The van der Waals surface area contributed by atoms with Crippen LogP contribution in [0.5, 0.6) is 0 Å². The van der Waals surface area contributed by atoms with Crippen molar-refractivity contribution < 1.29 is 0 Å². The minimum absolute atomic E-state index is 1.14. The van der Waals surface area contributed by atoms with Crippen molar-refractivity contribution in [2.24, 2.45) is 0 Å². The van der Waals surface area contributed by atoms with Gasteiger partial charge in [0.15, 0.2) is 0 Å². The number of benzene rings is 1. The fourth-order valence-electron chi connectivity index (χ4n) is 2.14. The molecule has 1 fully saturated rings. The van der Waals surface area contributed by atoms with Crippen molar-refractivity contribution >= 4 is 0 Å². The minimum Gasteiger partial charge on any atom is -0.299 e. The third-order valence-corrected chi connectivity index (χ3v) is 2.95. The summed E-state index contributed by atoms with van der Waals surface area (Å²) >= 11 is 0. The molecule has 0 N–H and O–H groups in total. The Labute approximate surface area is 121 Å². The molecule has 1 aliphatic heterocycles. The van der Waals surface area contributed by atoms with Crippen LogP contribution in [0.15, 0.2) is 30.3 Å². The highest BCUT2D eigenvalue weighted by Crippen LogP contribution is 2.12. The lowest BCUT2D eigenvalue weighted by Gasteiger charge is -2.19. The van der Waals surface area contributed by atoms with Gasteiger partial charge in [0, 0.05) is 6.54 Å². The van der Waals surface area contributed by atoms with Crippen molar-refractivity contribution in [3.63, 3.8) is 0 Å². The Kier molecular flexibility index (Phi) is 13.0. The van der Waals surface area contributed by atoms with Crippen LogP contribution in [0.25, 0.3) is 0 Å². The van der Waals surface area contributed by atoms with Crippen LogP contribution in [0.3, 0.4) is 0 Å². The van der Waals surface area contributed by atoms with E-state index in [1.807, 2.05) is 13.8 Å². The summed E-state index contributed by atoms with van der Waals surface area (Å²) in [6, 6.07) is 10.8. The van der Waals surface area contributed by atoms with E-state index in [0.717, 1.165) is 6.54 Å². The highest BCUT2D eigenvalue weighted by atomic mass is 15.1. The van der Waals surface area contributed by atoms with E-state index in [1.54, 1.807) is 0 Å². The minimum atomic E-state index is 1.14. The van der Waals surface area contributed by atoms with Crippen LogP contribution in [0.2, 0.25) is 0 Å². The quantitative estimate of drug-likeness (QED) is 0.680. The van der Waals surface area contributed by atoms with Crippen molar-refractivity contribution in [3.8, 4) is 0 Å². The van der Waals surface area contributed by atoms with Gasteiger partial charge in [0.25, 0.3) is 0 Å². The first-order valence-corrected chi connectivity index (χ1v) is 8.13. The number of hydrogen-bond donors (Lipinski definition) is 0. The van der Waals surface area contributed by atoms with E-state index in [2.05, 4.69) is 49.1 Å². The zero-order chi connectivity index (χ0) is 14.3. The molecule has 0 bridgehead atoms. The normalized spacial score (nSPS) is 15.4. The van der Waals surface area contributed by atoms with Crippen LogP contribution < -0.4 is 0 Å². The Hall–Kier alpha value is -0.820. The third-order valence-electron chi connectivity index (χ3n) is 2.95. The van der Waals surface area contributed by atoms with Crippen molar-refractivity contribution in [3.05, 3.63) is 35.9 Å². The second kappa shape index (κ2) is 13.6. The maximum Gasteiger partial charge on any atom is 0.0233 e. The Balaban J connectivity index is 0.000000573. The van der Waals surface area contributed by atoms with Crippen LogP contribution in [0, 0.1) is 0 Å². The van der Waals surface area contributed by atoms with Crippen LogP contribution in [0.1, 0.15) is 65.4 Å². The van der Waals surface area contributed by atoms with E-state index in [-0.39, 0.29) is 0 Å². The van der Waals surface area contributed by atoms with Crippen molar-refractivity contribution in [1.29, 1.82) is 0 Å². The molecule has 1 heterocycles. The summed E-state index contributed by atoms with van der Waals surface area (Å²) in [5.74, 6) is 0. The first-order chi connectivity index (χ1) is 9.36. The lowest BCUT2D eigenvalue weighted by molar-refractivity contribution is 0.277. The fraction of sp³-hybridized carbons (Fsp3) is 0.667. The molecule has 0 spiro atoms. The molecule has 110 valence electrons. The summed E-state index contributed by atoms with van der Waals surface area (Å²) in [4.78, 5) is 2.59.